The number of rotatable bonds is 4. The van der Waals surface area contributed by atoms with Gasteiger partial charge in [-0.1, -0.05) is 19.1 Å². The summed E-state index contributed by atoms with van der Waals surface area (Å²) in [7, 11) is 0. The Balaban J connectivity index is 1.54. The molecule has 1 aliphatic heterocycles. The van der Waals surface area contributed by atoms with Gasteiger partial charge < -0.3 is 15.1 Å². The molecule has 2 aromatic rings. The van der Waals surface area contributed by atoms with Crippen LogP contribution in [-0.2, 0) is 0 Å². The van der Waals surface area contributed by atoms with Gasteiger partial charge in [0.1, 0.15) is 0 Å². The van der Waals surface area contributed by atoms with E-state index in [4.69, 9.17) is 12.2 Å². The zero-order valence-electron chi connectivity index (χ0n) is 15.2. The molecule has 1 amide bonds. The first kappa shape index (κ1) is 19.8. The molecule has 2 N–H and O–H groups in total. The number of nitrogens with zero attached hydrogens (tertiary/aromatic N) is 2. The van der Waals surface area contributed by atoms with E-state index >= 15 is 0 Å². The van der Waals surface area contributed by atoms with Crippen molar-refractivity contribution in [3.63, 3.8) is 0 Å². The average Bonchev–Trinajstić information content (AvgIpc) is 2.69. The van der Waals surface area contributed by atoms with Crippen molar-refractivity contribution in [3.8, 4) is 0 Å². The number of hydrogen-bond acceptors (Lipinski definition) is 4. The largest absolute Gasteiger partial charge is 0.369 e. The Labute approximate surface area is 173 Å². The predicted molar refractivity (Wildman–Crippen MR) is 119 cm³/mol. The molecule has 1 aliphatic rings. The topological polar surface area (TPSA) is 47.6 Å². The third-order valence-electron chi connectivity index (χ3n) is 4.66. The van der Waals surface area contributed by atoms with E-state index in [0.29, 0.717) is 5.56 Å². The Bertz CT molecular complexity index is 804. The maximum absolute atomic E-state index is 12.3. The Morgan fingerprint density at radius 3 is 2.37 bits per heavy atom. The first-order valence-electron chi connectivity index (χ1n) is 9.01. The van der Waals surface area contributed by atoms with Gasteiger partial charge in [-0.2, -0.15) is 0 Å². The number of thiocarbonyl (C=S) groups is 1. The minimum absolute atomic E-state index is 0.245. The summed E-state index contributed by atoms with van der Waals surface area (Å²) in [5.41, 5.74) is 2.60. The number of benzene rings is 2. The molecule has 0 unspecified atom stereocenters. The SMILES string of the molecule is CCN1CCN(c2ccc(NC(=S)NC(=O)c3ccccc3Br)cc2)CC1. The molecule has 1 fully saturated rings. The highest BCUT2D eigenvalue weighted by molar-refractivity contribution is 9.10. The van der Waals surface area contributed by atoms with E-state index in [1.54, 1.807) is 6.07 Å². The molecule has 142 valence electrons. The highest BCUT2D eigenvalue weighted by Crippen LogP contribution is 2.20. The number of carbonyl (C=O) groups excluding carboxylic acids is 1. The van der Waals surface area contributed by atoms with Crippen LogP contribution in [0.2, 0.25) is 0 Å². The average molecular weight is 447 g/mol. The highest BCUT2D eigenvalue weighted by Gasteiger charge is 2.16. The van der Waals surface area contributed by atoms with Gasteiger partial charge in [0.05, 0.1) is 5.56 Å². The van der Waals surface area contributed by atoms with Gasteiger partial charge in [0.2, 0.25) is 0 Å². The Kier molecular flexibility index (Phi) is 6.82. The van der Waals surface area contributed by atoms with Crippen molar-refractivity contribution in [1.29, 1.82) is 0 Å². The van der Waals surface area contributed by atoms with E-state index in [1.165, 1.54) is 5.69 Å². The molecule has 0 radical (unpaired) electrons. The molecule has 2 aromatic carbocycles. The molecule has 0 spiro atoms. The molecule has 0 aromatic heterocycles. The molecule has 1 heterocycles. The minimum Gasteiger partial charge on any atom is -0.369 e. The smallest absolute Gasteiger partial charge is 0.258 e. The van der Waals surface area contributed by atoms with Crippen molar-refractivity contribution < 1.29 is 4.79 Å². The zero-order valence-corrected chi connectivity index (χ0v) is 17.6. The number of halogens is 1. The highest BCUT2D eigenvalue weighted by atomic mass is 79.9. The lowest BCUT2D eigenvalue weighted by Crippen LogP contribution is -2.46. The van der Waals surface area contributed by atoms with Gasteiger partial charge in [-0.3, -0.25) is 10.1 Å². The van der Waals surface area contributed by atoms with Gasteiger partial charge in [0.25, 0.3) is 5.91 Å². The lowest BCUT2D eigenvalue weighted by molar-refractivity contribution is 0.0977. The molecule has 1 saturated heterocycles. The number of carbonyl (C=O) groups is 1. The number of hydrogen-bond donors (Lipinski definition) is 2. The molecule has 0 bridgehead atoms. The quantitative estimate of drug-likeness (QED) is 0.700. The Morgan fingerprint density at radius 2 is 1.74 bits per heavy atom. The van der Waals surface area contributed by atoms with Gasteiger partial charge in [-0.25, -0.2) is 0 Å². The van der Waals surface area contributed by atoms with Crippen LogP contribution in [0, 0.1) is 0 Å². The molecule has 3 rings (SSSR count). The third-order valence-corrected chi connectivity index (χ3v) is 5.55. The molecular formula is C20H23BrN4OS. The van der Waals surface area contributed by atoms with E-state index in [1.807, 2.05) is 30.3 Å². The monoisotopic (exact) mass is 446 g/mol. The summed E-state index contributed by atoms with van der Waals surface area (Å²) in [6, 6.07) is 15.4. The summed E-state index contributed by atoms with van der Waals surface area (Å²) in [4.78, 5) is 17.1. The standard InChI is InChI=1S/C20H23BrN4OS/c1-2-24-11-13-25(14-12-24)16-9-7-15(8-10-16)22-20(27)23-19(26)17-5-3-4-6-18(17)21/h3-10H,2,11-14H2,1H3,(H2,22,23,26,27). The van der Waals surface area contributed by atoms with Gasteiger partial charge >= 0.3 is 0 Å². The number of likely N-dealkylation sites (N-methyl/N-ethyl adjacent to an activating group) is 1. The van der Waals surface area contributed by atoms with Crippen LogP contribution < -0.4 is 15.5 Å². The van der Waals surface area contributed by atoms with Crippen LogP contribution in [0.15, 0.2) is 53.0 Å². The fourth-order valence-corrected chi connectivity index (χ4v) is 3.73. The van der Waals surface area contributed by atoms with Gasteiger partial charge in [0, 0.05) is 42.0 Å². The van der Waals surface area contributed by atoms with Crippen molar-refractivity contribution in [2.45, 2.75) is 6.92 Å². The van der Waals surface area contributed by atoms with Crippen LogP contribution >= 0.6 is 28.1 Å². The summed E-state index contributed by atoms with van der Waals surface area (Å²) >= 11 is 8.64. The minimum atomic E-state index is -0.245. The molecule has 0 aliphatic carbocycles. The summed E-state index contributed by atoms with van der Waals surface area (Å²) in [5.74, 6) is -0.245. The number of amides is 1. The van der Waals surface area contributed by atoms with Crippen molar-refractivity contribution in [3.05, 3.63) is 58.6 Å². The van der Waals surface area contributed by atoms with Crippen LogP contribution in [0.5, 0.6) is 0 Å². The van der Waals surface area contributed by atoms with Gasteiger partial charge in [-0.05, 0) is 71.1 Å². The number of piperazine rings is 1. The normalized spacial score (nSPS) is 14.7. The van der Waals surface area contributed by atoms with E-state index in [-0.39, 0.29) is 11.0 Å². The first-order valence-corrected chi connectivity index (χ1v) is 10.2. The van der Waals surface area contributed by atoms with Crippen LogP contribution in [0.3, 0.4) is 0 Å². The Morgan fingerprint density at radius 1 is 1.07 bits per heavy atom. The van der Waals surface area contributed by atoms with Crippen molar-refractivity contribution in [2.75, 3.05) is 42.9 Å². The second-order valence-corrected chi connectivity index (χ2v) is 7.62. The maximum Gasteiger partial charge on any atom is 0.258 e. The maximum atomic E-state index is 12.3. The van der Waals surface area contributed by atoms with Gasteiger partial charge in [0.15, 0.2) is 5.11 Å². The molecule has 0 atom stereocenters. The van der Waals surface area contributed by atoms with Crippen molar-refractivity contribution >= 4 is 50.5 Å². The summed E-state index contributed by atoms with van der Waals surface area (Å²) < 4.78 is 0.734. The van der Waals surface area contributed by atoms with Crippen LogP contribution in [0.1, 0.15) is 17.3 Å². The lowest BCUT2D eigenvalue weighted by atomic mass is 10.2. The fraction of sp³-hybridized carbons (Fsp3) is 0.300. The van der Waals surface area contributed by atoms with E-state index in [9.17, 15) is 4.79 Å². The van der Waals surface area contributed by atoms with Gasteiger partial charge in [-0.15, -0.1) is 0 Å². The molecule has 7 heteroatoms. The van der Waals surface area contributed by atoms with Crippen LogP contribution in [0.25, 0.3) is 0 Å². The molecule has 5 nitrogen and oxygen atoms in total. The first-order chi connectivity index (χ1) is 13.1. The number of anilines is 2. The molecule has 0 saturated carbocycles. The summed E-state index contributed by atoms with van der Waals surface area (Å²) in [6.45, 7) is 7.60. The second kappa shape index (κ2) is 9.30. The van der Waals surface area contributed by atoms with Crippen LogP contribution in [-0.4, -0.2) is 48.6 Å². The fourth-order valence-electron chi connectivity index (χ4n) is 3.06. The van der Waals surface area contributed by atoms with Crippen molar-refractivity contribution in [1.82, 2.24) is 10.2 Å². The van der Waals surface area contributed by atoms with Crippen molar-refractivity contribution in [2.24, 2.45) is 0 Å². The zero-order chi connectivity index (χ0) is 19.2. The summed E-state index contributed by atoms with van der Waals surface area (Å²) in [5, 5.41) is 6.05. The predicted octanol–water partition coefficient (Wildman–Crippen LogP) is 3.72. The Hall–Kier alpha value is -1.96. The molecular weight excluding hydrogens is 424 g/mol. The second-order valence-electron chi connectivity index (χ2n) is 6.36. The lowest BCUT2D eigenvalue weighted by Gasteiger charge is -2.35. The summed E-state index contributed by atoms with van der Waals surface area (Å²) in [6.07, 6.45) is 0. The number of nitrogens with one attached hydrogen (secondary N) is 2. The molecule has 27 heavy (non-hydrogen) atoms. The third kappa shape index (κ3) is 5.28. The van der Waals surface area contributed by atoms with E-state index in [2.05, 4.69) is 55.4 Å². The van der Waals surface area contributed by atoms with E-state index < -0.39 is 0 Å². The van der Waals surface area contributed by atoms with E-state index in [0.717, 1.165) is 42.9 Å². The van der Waals surface area contributed by atoms with Crippen LogP contribution in [0.4, 0.5) is 11.4 Å².